The molecule has 0 saturated heterocycles. The summed E-state index contributed by atoms with van der Waals surface area (Å²) in [6.07, 6.45) is 4.25. The van der Waals surface area contributed by atoms with E-state index in [1.54, 1.807) is 20.3 Å². The molecular formula is C13H19N3O. The van der Waals surface area contributed by atoms with Crippen LogP contribution in [0.3, 0.4) is 0 Å². The number of amides is 1. The van der Waals surface area contributed by atoms with E-state index in [4.69, 9.17) is 0 Å². The van der Waals surface area contributed by atoms with Crippen molar-refractivity contribution in [3.05, 3.63) is 24.0 Å². The number of nitrogens with zero attached hydrogens (tertiary/aromatic N) is 2. The van der Waals surface area contributed by atoms with Gasteiger partial charge in [0.15, 0.2) is 0 Å². The first kappa shape index (κ1) is 11.9. The number of pyridine rings is 1. The largest absolute Gasteiger partial charge is 0.384 e. The lowest BCUT2D eigenvalue weighted by Crippen LogP contribution is -2.23. The monoisotopic (exact) mass is 233 g/mol. The maximum atomic E-state index is 11.7. The summed E-state index contributed by atoms with van der Waals surface area (Å²) in [7, 11) is 3.46. The number of rotatable bonds is 4. The van der Waals surface area contributed by atoms with Gasteiger partial charge in [0.25, 0.3) is 5.91 Å². The molecule has 17 heavy (non-hydrogen) atoms. The number of hydrogen-bond donors (Lipinski definition) is 1. The van der Waals surface area contributed by atoms with Crippen molar-refractivity contribution in [3.8, 4) is 0 Å². The van der Waals surface area contributed by atoms with Crippen molar-refractivity contribution in [2.24, 2.45) is 5.41 Å². The number of hydrogen-bond acceptors (Lipinski definition) is 3. The molecule has 1 saturated carbocycles. The third-order valence-corrected chi connectivity index (χ3v) is 3.21. The van der Waals surface area contributed by atoms with E-state index in [1.807, 2.05) is 12.1 Å². The Morgan fingerprint density at radius 3 is 2.82 bits per heavy atom. The van der Waals surface area contributed by atoms with Crippen LogP contribution in [0, 0.1) is 5.41 Å². The Labute approximate surface area is 102 Å². The van der Waals surface area contributed by atoms with Crippen molar-refractivity contribution in [1.82, 2.24) is 9.88 Å². The van der Waals surface area contributed by atoms with Gasteiger partial charge in [-0.15, -0.1) is 0 Å². The zero-order valence-electron chi connectivity index (χ0n) is 10.7. The predicted octanol–water partition coefficient (Wildman–Crippen LogP) is 2.00. The highest BCUT2D eigenvalue weighted by Crippen LogP contribution is 2.44. The van der Waals surface area contributed by atoms with Gasteiger partial charge in [-0.05, 0) is 30.4 Å². The maximum Gasteiger partial charge on any atom is 0.272 e. The van der Waals surface area contributed by atoms with Gasteiger partial charge in [-0.2, -0.15) is 0 Å². The van der Waals surface area contributed by atoms with Crippen LogP contribution < -0.4 is 5.32 Å². The van der Waals surface area contributed by atoms with Crippen molar-refractivity contribution < 1.29 is 4.79 Å². The van der Waals surface area contributed by atoms with E-state index in [0.29, 0.717) is 11.1 Å². The molecule has 4 heteroatoms. The van der Waals surface area contributed by atoms with E-state index in [2.05, 4.69) is 17.2 Å². The lowest BCUT2D eigenvalue weighted by Gasteiger charge is -2.13. The van der Waals surface area contributed by atoms with Crippen LogP contribution in [-0.4, -0.2) is 36.4 Å². The lowest BCUT2D eigenvalue weighted by atomic mass is 10.1. The summed E-state index contributed by atoms with van der Waals surface area (Å²) < 4.78 is 0. The molecule has 0 radical (unpaired) electrons. The lowest BCUT2D eigenvalue weighted by molar-refractivity contribution is 0.0822. The van der Waals surface area contributed by atoms with Gasteiger partial charge in [-0.25, -0.2) is 0 Å². The molecule has 4 nitrogen and oxygen atoms in total. The van der Waals surface area contributed by atoms with Crippen molar-refractivity contribution in [2.75, 3.05) is 26.0 Å². The molecule has 1 aromatic rings. The minimum absolute atomic E-state index is 0.0636. The third-order valence-electron chi connectivity index (χ3n) is 3.21. The summed E-state index contributed by atoms with van der Waals surface area (Å²) in [5.41, 5.74) is 1.91. The van der Waals surface area contributed by atoms with Crippen LogP contribution in [0.5, 0.6) is 0 Å². The first-order valence-electron chi connectivity index (χ1n) is 5.92. The summed E-state index contributed by atoms with van der Waals surface area (Å²) in [6.45, 7) is 3.24. The fraction of sp³-hybridized carbons (Fsp3) is 0.538. The van der Waals surface area contributed by atoms with Gasteiger partial charge in [-0.1, -0.05) is 6.92 Å². The van der Waals surface area contributed by atoms with Crippen LogP contribution >= 0.6 is 0 Å². The Kier molecular flexibility index (Phi) is 3.05. The van der Waals surface area contributed by atoms with Crippen molar-refractivity contribution in [2.45, 2.75) is 19.8 Å². The first-order chi connectivity index (χ1) is 8.00. The fourth-order valence-electron chi connectivity index (χ4n) is 1.59. The number of aromatic nitrogens is 1. The standard InChI is InChI=1S/C13H19N3O/c1-13(5-6-13)9-15-10-4-7-14-11(8-10)12(17)16(2)3/h4,7-8H,5-6,9H2,1-3H3,(H,14,15). The Hall–Kier alpha value is -1.58. The minimum Gasteiger partial charge on any atom is -0.384 e. The zero-order chi connectivity index (χ0) is 12.5. The summed E-state index contributed by atoms with van der Waals surface area (Å²) in [6, 6.07) is 3.71. The second-order valence-electron chi connectivity index (χ2n) is 5.29. The average Bonchev–Trinajstić information content (AvgIpc) is 3.05. The van der Waals surface area contributed by atoms with E-state index in [0.717, 1.165) is 12.2 Å². The fourth-order valence-corrected chi connectivity index (χ4v) is 1.59. The van der Waals surface area contributed by atoms with Crippen LogP contribution in [0.15, 0.2) is 18.3 Å². The highest BCUT2D eigenvalue weighted by atomic mass is 16.2. The second-order valence-corrected chi connectivity index (χ2v) is 5.29. The summed E-state index contributed by atoms with van der Waals surface area (Å²) in [4.78, 5) is 17.4. The molecule has 0 aliphatic heterocycles. The van der Waals surface area contributed by atoms with E-state index < -0.39 is 0 Å². The minimum atomic E-state index is -0.0636. The van der Waals surface area contributed by atoms with Crippen LogP contribution in [0.4, 0.5) is 5.69 Å². The van der Waals surface area contributed by atoms with Crippen molar-refractivity contribution in [1.29, 1.82) is 0 Å². The van der Waals surface area contributed by atoms with Crippen molar-refractivity contribution in [3.63, 3.8) is 0 Å². The molecule has 1 fully saturated rings. The molecule has 1 amide bonds. The maximum absolute atomic E-state index is 11.7. The van der Waals surface area contributed by atoms with Crippen LogP contribution in [0.1, 0.15) is 30.3 Å². The zero-order valence-corrected chi connectivity index (χ0v) is 10.7. The number of nitrogens with one attached hydrogen (secondary N) is 1. The average molecular weight is 233 g/mol. The quantitative estimate of drug-likeness (QED) is 0.865. The molecule has 0 spiro atoms. The Morgan fingerprint density at radius 2 is 2.24 bits per heavy atom. The highest BCUT2D eigenvalue weighted by Gasteiger charge is 2.36. The smallest absolute Gasteiger partial charge is 0.272 e. The predicted molar refractivity (Wildman–Crippen MR) is 68.1 cm³/mol. The summed E-state index contributed by atoms with van der Waals surface area (Å²) in [5.74, 6) is -0.0636. The normalized spacial score (nSPS) is 16.4. The molecular weight excluding hydrogens is 214 g/mol. The van der Waals surface area contributed by atoms with Gasteiger partial charge in [0.05, 0.1) is 0 Å². The second kappa shape index (κ2) is 4.35. The molecule has 1 heterocycles. The Morgan fingerprint density at radius 1 is 1.53 bits per heavy atom. The molecule has 1 aliphatic carbocycles. The SMILES string of the molecule is CN(C)C(=O)c1cc(NCC2(C)CC2)ccn1. The number of anilines is 1. The summed E-state index contributed by atoms with van der Waals surface area (Å²) >= 11 is 0. The Bertz CT molecular complexity index is 424. The van der Waals surface area contributed by atoms with E-state index in [9.17, 15) is 4.79 Å². The summed E-state index contributed by atoms with van der Waals surface area (Å²) in [5, 5.41) is 3.37. The van der Waals surface area contributed by atoms with E-state index in [-0.39, 0.29) is 5.91 Å². The van der Waals surface area contributed by atoms with Crippen LogP contribution in [-0.2, 0) is 0 Å². The molecule has 1 N–H and O–H groups in total. The van der Waals surface area contributed by atoms with Crippen molar-refractivity contribution >= 4 is 11.6 Å². The van der Waals surface area contributed by atoms with Gasteiger partial charge in [0.2, 0.25) is 0 Å². The van der Waals surface area contributed by atoms with Crippen LogP contribution in [0.2, 0.25) is 0 Å². The number of carbonyl (C=O) groups excluding carboxylic acids is 1. The van der Waals surface area contributed by atoms with Gasteiger partial charge in [0, 0.05) is 32.5 Å². The van der Waals surface area contributed by atoms with E-state index >= 15 is 0 Å². The molecule has 0 aromatic carbocycles. The molecule has 1 aromatic heterocycles. The molecule has 0 atom stereocenters. The number of carbonyl (C=O) groups is 1. The molecule has 92 valence electrons. The highest BCUT2D eigenvalue weighted by molar-refractivity contribution is 5.92. The molecule has 0 bridgehead atoms. The topological polar surface area (TPSA) is 45.2 Å². The molecule has 0 unspecified atom stereocenters. The van der Waals surface area contributed by atoms with E-state index in [1.165, 1.54) is 17.7 Å². The molecule has 2 rings (SSSR count). The van der Waals surface area contributed by atoms with Gasteiger partial charge in [0.1, 0.15) is 5.69 Å². The molecule has 1 aliphatic rings. The third kappa shape index (κ3) is 2.96. The first-order valence-corrected chi connectivity index (χ1v) is 5.92. The van der Waals surface area contributed by atoms with Crippen LogP contribution in [0.25, 0.3) is 0 Å². The Balaban J connectivity index is 2.03. The van der Waals surface area contributed by atoms with Gasteiger partial charge < -0.3 is 10.2 Å². The van der Waals surface area contributed by atoms with Gasteiger partial charge >= 0.3 is 0 Å². The van der Waals surface area contributed by atoms with Gasteiger partial charge in [-0.3, -0.25) is 9.78 Å².